The van der Waals surface area contributed by atoms with Crippen LogP contribution in [0.25, 0.3) is 0 Å². The van der Waals surface area contributed by atoms with Gasteiger partial charge in [0.2, 0.25) is 0 Å². The van der Waals surface area contributed by atoms with Crippen molar-refractivity contribution in [1.29, 1.82) is 5.26 Å². The van der Waals surface area contributed by atoms with Gasteiger partial charge in [0, 0.05) is 11.5 Å². The molecule has 0 unspecified atom stereocenters. The Hall–Kier alpha value is -1.11. The number of nitriles is 1. The van der Waals surface area contributed by atoms with Crippen LogP contribution in [0.1, 0.15) is 46.0 Å². The average molecular weight is 289 g/mol. The predicted molar refractivity (Wildman–Crippen MR) is 83.3 cm³/mol. The van der Waals surface area contributed by atoms with E-state index in [4.69, 9.17) is 5.26 Å². The molecule has 2 rings (SSSR count). The quantitative estimate of drug-likeness (QED) is 0.619. The summed E-state index contributed by atoms with van der Waals surface area (Å²) >= 11 is 0. The fraction of sp³-hybridized carbons (Fsp3) is 0.722. The number of hydrogen-bond donors (Lipinski definition) is 2. The van der Waals surface area contributed by atoms with Crippen LogP contribution in [0.15, 0.2) is 24.3 Å². The van der Waals surface area contributed by atoms with Gasteiger partial charge in [0.15, 0.2) is 0 Å². The van der Waals surface area contributed by atoms with Crippen LogP contribution in [0.3, 0.4) is 0 Å². The first-order chi connectivity index (χ1) is 9.90. The molecule has 0 saturated heterocycles. The minimum atomic E-state index is -0.428. The largest absolute Gasteiger partial charge is 0.396 e. The topological polar surface area (TPSA) is 64.2 Å². The lowest BCUT2D eigenvalue weighted by Gasteiger charge is -2.59. The van der Waals surface area contributed by atoms with E-state index < -0.39 is 11.5 Å². The van der Waals surface area contributed by atoms with Crippen molar-refractivity contribution in [3.63, 3.8) is 0 Å². The molecular weight excluding hydrogens is 262 g/mol. The molecule has 3 nitrogen and oxygen atoms in total. The Morgan fingerprint density at radius 2 is 2.14 bits per heavy atom. The van der Waals surface area contributed by atoms with Crippen LogP contribution in [0.5, 0.6) is 0 Å². The van der Waals surface area contributed by atoms with Gasteiger partial charge >= 0.3 is 0 Å². The van der Waals surface area contributed by atoms with Crippen LogP contribution >= 0.6 is 0 Å². The minimum Gasteiger partial charge on any atom is -0.396 e. The first-order valence-corrected chi connectivity index (χ1v) is 7.91. The SMILES string of the molecule is C=C1CC[C@@H]2[C@](C)(CO)[C@H](O)CC[C@@]2(C)[C@@H]1C/C=C\C#N. The first-order valence-electron chi connectivity index (χ1n) is 7.91. The normalized spacial score (nSPS) is 43.6. The molecule has 0 heterocycles. The minimum absolute atomic E-state index is 0.0294. The fourth-order valence-corrected chi connectivity index (χ4v) is 4.89. The van der Waals surface area contributed by atoms with E-state index in [0.717, 1.165) is 32.1 Å². The van der Waals surface area contributed by atoms with Crippen molar-refractivity contribution in [3.05, 3.63) is 24.3 Å². The molecule has 116 valence electrons. The predicted octanol–water partition coefficient (Wildman–Crippen LogP) is 3.20. The Balaban J connectivity index is 2.34. The summed E-state index contributed by atoms with van der Waals surface area (Å²) in [6.07, 6.45) is 7.51. The van der Waals surface area contributed by atoms with Crippen molar-refractivity contribution < 1.29 is 10.2 Å². The van der Waals surface area contributed by atoms with Crippen LogP contribution < -0.4 is 0 Å². The lowest BCUT2D eigenvalue weighted by Crippen LogP contribution is -2.57. The summed E-state index contributed by atoms with van der Waals surface area (Å²) in [7, 11) is 0. The van der Waals surface area contributed by atoms with E-state index in [-0.39, 0.29) is 12.0 Å². The van der Waals surface area contributed by atoms with Crippen LogP contribution in [0.2, 0.25) is 0 Å². The fourth-order valence-electron chi connectivity index (χ4n) is 4.89. The Labute approximate surface area is 128 Å². The van der Waals surface area contributed by atoms with Gasteiger partial charge in [-0.3, -0.25) is 0 Å². The van der Waals surface area contributed by atoms with Crippen molar-refractivity contribution >= 4 is 0 Å². The van der Waals surface area contributed by atoms with Gasteiger partial charge in [-0.05, 0) is 49.4 Å². The number of fused-ring (bicyclic) bond motifs is 1. The van der Waals surface area contributed by atoms with Gasteiger partial charge in [-0.25, -0.2) is 0 Å². The monoisotopic (exact) mass is 289 g/mol. The van der Waals surface area contributed by atoms with Crippen molar-refractivity contribution in [2.24, 2.45) is 22.7 Å². The molecule has 0 aromatic rings. The molecule has 3 heteroatoms. The van der Waals surface area contributed by atoms with Gasteiger partial charge in [0.05, 0.1) is 18.8 Å². The molecule has 5 atom stereocenters. The maximum atomic E-state index is 10.4. The molecule has 21 heavy (non-hydrogen) atoms. The molecule has 0 amide bonds. The molecule has 2 N–H and O–H groups in total. The summed E-state index contributed by atoms with van der Waals surface area (Å²) in [6, 6.07) is 2.05. The highest BCUT2D eigenvalue weighted by atomic mass is 16.3. The number of rotatable bonds is 3. The van der Waals surface area contributed by atoms with Gasteiger partial charge in [0.25, 0.3) is 0 Å². The Kier molecular flexibility index (Phi) is 4.60. The summed E-state index contributed by atoms with van der Waals surface area (Å²) in [5.74, 6) is 0.629. The second-order valence-corrected chi connectivity index (χ2v) is 7.29. The Morgan fingerprint density at radius 3 is 2.76 bits per heavy atom. The van der Waals surface area contributed by atoms with E-state index in [1.807, 2.05) is 13.0 Å². The first kappa shape index (κ1) is 16.3. The third kappa shape index (κ3) is 2.56. The molecule has 0 radical (unpaired) electrons. The van der Waals surface area contributed by atoms with E-state index >= 15 is 0 Å². The van der Waals surface area contributed by atoms with Gasteiger partial charge in [-0.15, -0.1) is 0 Å². The molecule has 0 aromatic heterocycles. The maximum Gasteiger partial charge on any atom is 0.0908 e. The highest BCUT2D eigenvalue weighted by Crippen LogP contribution is 2.61. The highest BCUT2D eigenvalue weighted by Gasteiger charge is 2.57. The van der Waals surface area contributed by atoms with E-state index in [1.165, 1.54) is 5.57 Å². The van der Waals surface area contributed by atoms with E-state index in [2.05, 4.69) is 19.6 Å². The molecule has 0 aliphatic heterocycles. The zero-order valence-electron chi connectivity index (χ0n) is 13.2. The molecule has 2 aliphatic rings. The van der Waals surface area contributed by atoms with Crippen LogP contribution in [-0.4, -0.2) is 22.9 Å². The van der Waals surface area contributed by atoms with E-state index in [9.17, 15) is 10.2 Å². The number of aliphatic hydroxyl groups excluding tert-OH is 2. The maximum absolute atomic E-state index is 10.4. The molecular formula is C18H27NO2. The van der Waals surface area contributed by atoms with Crippen molar-refractivity contribution in [1.82, 2.24) is 0 Å². The molecule has 0 aromatic carbocycles. The Morgan fingerprint density at radius 1 is 1.43 bits per heavy atom. The summed E-state index contributed by atoms with van der Waals surface area (Å²) in [5, 5.41) is 29.0. The smallest absolute Gasteiger partial charge is 0.0908 e. The zero-order valence-corrected chi connectivity index (χ0v) is 13.2. The third-order valence-corrected chi connectivity index (χ3v) is 6.26. The molecule has 2 aliphatic carbocycles. The molecule has 0 spiro atoms. The van der Waals surface area contributed by atoms with Crippen molar-refractivity contribution in [3.8, 4) is 6.07 Å². The Bertz CT molecular complexity index is 478. The summed E-state index contributed by atoms with van der Waals surface area (Å²) in [5.41, 5.74) is 0.879. The average Bonchev–Trinajstić information content (AvgIpc) is 2.46. The highest BCUT2D eigenvalue weighted by molar-refractivity contribution is 5.19. The van der Waals surface area contributed by atoms with Crippen molar-refractivity contribution in [2.45, 2.75) is 52.1 Å². The zero-order chi connectivity index (χ0) is 15.7. The van der Waals surface area contributed by atoms with E-state index in [0.29, 0.717) is 11.8 Å². The lowest BCUT2D eigenvalue weighted by molar-refractivity contribution is -0.151. The van der Waals surface area contributed by atoms with Crippen LogP contribution in [0.4, 0.5) is 0 Å². The summed E-state index contributed by atoms with van der Waals surface area (Å²) in [4.78, 5) is 0. The number of nitrogens with zero attached hydrogens (tertiary/aromatic N) is 1. The van der Waals surface area contributed by atoms with E-state index in [1.54, 1.807) is 6.08 Å². The second-order valence-electron chi connectivity index (χ2n) is 7.29. The number of hydrogen-bond acceptors (Lipinski definition) is 3. The summed E-state index contributed by atoms with van der Waals surface area (Å²) < 4.78 is 0. The third-order valence-electron chi connectivity index (χ3n) is 6.26. The van der Waals surface area contributed by atoms with Crippen LogP contribution in [0, 0.1) is 34.0 Å². The number of allylic oxidation sites excluding steroid dienone is 3. The van der Waals surface area contributed by atoms with Crippen LogP contribution in [-0.2, 0) is 0 Å². The molecule has 2 saturated carbocycles. The summed E-state index contributed by atoms with van der Waals surface area (Å²) in [6.45, 7) is 8.60. The molecule has 0 bridgehead atoms. The van der Waals surface area contributed by atoms with Gasteiger partial charge in [-0.2, -0.15) is 5.26 Å². The lowest BCUT2D eigenvalue weighted by atomic mass is 9.46. The molecule has 2 fully saturated rings. The second kappa shape index (κ2) is 5.94. The standard InChI is InChI=1S/C18H27NO2/c1-13-7-8-15-17(2,14(13)6-4-5-11-19)10-9-16(21)18(15,3)12-20/h4-5,14-16,20-21H,1,6-10,12H2,2-3H3/b5-4-/t14-,15+,16-,17+,18+/m1/s1. The van der Waals surface area contributed by atoms with Gasteiger partial charge < -0.3 is 10.2 Å². The van der Waals surface area contributed by atoms with Gasteiger partial charge in [-0.1, -0.05) is 32.1 Å². The van der Waals surface area contributed by atoms with Crippen molar-refractivity contribution in [2.75, 3.05) is 6.61 Å². The van der Waals surface area contributed by atoms with Gasteiger partial charge in [0.1, 0.15) is 0 Å². The number of aliphatic hydroxyl groups is 2.